The molecule has 2 saturated carbocycles. The van der Waals surface area contributed by atoms with Crippen molar-refractivity contribution < 1.29 is 19.1 Å². The van der Waals surface area contributed by atoms with Crippen LogP contribution in [0.25, 0.3) is 0 Å². The summed E-state index contributed by atoms with van der Waals surface area (Å²) in [5.41, 5.74) is 4.17. The standard InChI is InChI=1S/C33H36O4/c1-23-22-28(24-14-6-2-7-15-24)29(25-16-8-3-9-17-25)31(37-33(35)27-20-12-5-13-21-27)30(23)36-32(34)26-18-10-4-11-19-26/h4-5,10-13,18-22,24-25H,2-3,6-9,14-17H2,1H3. The maximum Gasteiger partial charge on any atom is 0.343 e. The molecule has 0 aromatic heterocycles. The fourth-order valence-corrected chi connectivity index (χ4v) is 6.05. The summed E-state index contributed by atoms with van der Waals surface area (Å²) in [6.07, 6.45) is 11.7. The van der Waals surface area contributed by atoms with Crippen LogP contribution in [-0.4, -0.2) is 11.9 Å². The second-order valence-corrected chi connectivity index (χ2v) is 10.5. The molecule has 37 heavy (non-hydrogen) atoms. The van der Waals surface area contributed by atoms with E-state index in [1.807, 2.05) is 43.3 Å². The fraction of sp³-hybridized carbons (Fsp3) is 0.394. The molecule has 0 heterocycles. The molecule has 4 nitrogen and oxygen atoms in total. The quantitative estimate of drug-likeness (QED) is 0.253. The molecule has 0 unspecified atom stereocenters. The van der Waals surface area contributed by atoms with Gasteiger partial charge in [0.1, 0.15) is 0 Å². The lowest BCUT2D eigenvalue weighted by Crippen LogP contribution is -2.19. The minimum absolute atomic E-state index is 0.291. The first-order chi connectivity index (χ1) is 18.1. The zero-order chi connectivity index (χ0) is 25.6. The van der Waals surface area contributed by atoms with Gasteiger partial charge in [0, 0.05) is 5.56 Å². The van der Waals surface area contributed by atoms with Crippen molar-refractivity contribution in [3.63, 3.8) is 0 Å². The van der Waals surface area contributed by atoms with Crippen molar-refractivity contribution in [1.29, 1.82) is 0 Å². The normalized spacial score (nSPS) is 16.8. The number of aryl methyl sites for hydroxylation is 1. The van der Waals surface area contributed by atoms with Crippen LogP contribution in [0.5, 0.6) is 11.5 Å². The van der Waals surface area contributed by atoms with E-state index in [4.69, 9.17) is 9.47 Å². The topological polar surface area (TPSA) is 52.6 Å². The van der Waals surface area contributed by atoms with Crippen molar-refractivity contribution in [3.8, 4) is 11.5 Å². The molecule has 2 aliphatic rings. The van der Waals surface area contributed by atoms with E-state index in [2.05, 4.69) is 6.07 Å². The van der Waals surface area contributed by atoms with Crippen LogP contribution in [-0.2, 0) is 0 Å². The largest absolute Gasteiger partial charge is 0.419 e. The molecule has 0 radical (unpaired) electrons. The van der Waals surface area contributed by atoms with Gasteiger partial charge >= 0.3 is 11.9 Å². The lowest BCUT2D eigenvalue weighted by Gasteiger charge is -2.32. The van der Waals surface area contributed by atoms with Crippen LogP contribution in [0.1, 0.15) is 113 Å². The maximum absolute atomic E-state index is 13.4. The summed E-state index contributed by atoms with van der Waals surface area (Å²) in [5, 5.41) is 0. The van der Waals surface area contributed by atoms with Gasteiger partial charge in [-0.15, -0.1) is 0 Å². The molecule has 3 aromatic rings. The van der Waals surface area contributed by atoms with Gasteiger partial charge in [-0.3, -0.25) is 0 Å². The average Bonchev–Trinajstić information content (AvgIpc) is 2.96. The highest BCUT2D eigenvalue weighted by Crippen LogP contribution is 2.50. The van der Waals surface area contributed by atoms with Gasteiger partial charge in [0.05, 0.1) is 11.1 Å². The Balaban J connectivity index is 1.64. The van der Waals surface area contributed by atoms with Crippen molar-refractivity contribution in [3.05, 3.63) is 94.5 Å². The fourth-order valence-electron chi connectivity index (χ4n) is 6.05. The summed E-state index contributed by atoms with van der Waals surface area (Å²) in [4.78, 5) is 26.6. The zero-order valence-corrected chi connectivity index (χ0v) is 21.7. The third-order valence-corrected chi connectivity index (χ3v) is 7.96. The highest BCUT2D eigenvalue weighted by molar-refractivity contribution is 5.93. The molecule has 0 saturated heterocycles. The first-order valence-corrected chi connectivity index (χ1v) is 13.8. The molecule has 4 heteroatoms. The second kappa shape index (κ2) is 11.8. The van der Waals surface area contributed by atoms with Crippen molar-refractivity contribution in [2.24, 2.45) is 0 Å². The molecule has 3 aromatic carbocycles. The smallest absolute Gasteiger partial charge is 0.343 e. The van der Waals surface area contributed by atoms with Crippen LogP contribution in [0.4, 0.5) is 0 Å². The zero-order valence-electron chi connectivity index (χ0n) is 21.7. The van der Waals surface area contributed by atoms with E-state index in [9.17, 15) is 9.59 Å². The van der Waals surface area contributed by atoms with Gasteiger partial charge in [-0.25, -0.2) is 9.59 Å². The van der Waals surface area contributed by atoms with Crippen LogP contribution in [0.3, 0.4) is 0 Å². The Bertz CT molecular complexity index is 1220. The predicted molar refractivity (Wildman–Crippen MR) is 146 cm³/mol. The van der Waals surface area contributed by atoms with E-state index in [1.54, 1.807) is 24.3 Å². The Kier molecular flexibility index (Phi) is 8.03. The first kappa shape index (κ1) is 25.3. The molecule has 0 atom stereocenters. The molecule has 0 spiro atoms. The third-order valence-electron chi connectivity index (χ3n) is 7.96. The van der Waals surface area contributed by atoms with Gasteiger partial charge in [-0.1, -0.05) is 81.0 Å². The number of benzene rings is 3. The van der Waals surface area contributed by atoms with E-state index < -0.39 is 11.9 Å². The first-order valence-electron chi connectivity index (χ1n) is 13.8. The van der Waals surface area contributed by atoms with Gasteiger partial charge in [-0.05, 0) is 79.8 Å². The summed E-state index contributed by atoms with van der Waals surface area (Å²) in [5.74, 6) is 0.691. The van der Waals surface area contributed by atoms with Crippen molar-refractivity contribution in [1.82, 2.24) is 0 Å². The molecule has 0 amide bonds. The van der Waals surface area contributed by atoms with Gasteiger partial charge in [0.15, 0.2) is 11.5 Å². The summed E-state index contributed by atoms with van der Waals surface area (Å²) < 4.78 is 12.3. The van der Waals surface area contributed by atoms with Crippen molar-refractivity contribution in [2.45, 2.75) is 83.0 Å². The predicted octanol–water partition coefficient (Wildman–Crippen LogP) is 8.53. The molecule has 0 N–H and O–H groups in total. The minimum Gasteiger partial charge on any atom is -0.419 e. The summed E-state index contributed by atoms with van der Waals surface area (Å²) in [6.45, 7) is 1.96. The molecule has 0 bridgehead atoms. The Morgan fingerprint density at radius 2 is 1.08 bits per heavy atom. The molecular formula is C33H36O4. The summed E-state index contributed by atoms with van der Waals surface area (Å²) >= 11 is 0. The van der Waals surface area contributed by atoms with Crippen LogP contribution < -0.4 is 9.47 Å². The molecule has 0 aliphatic heterocycles. The Labute approximate surface area is 220 Å². The number of esters is 2. The Hall–Kier alpha value is -3.40. The highest BCUT2D eigenvalue weighted by Gasteiger charge is 2.32. The van der Waals surface area contributed by atoms with E-state index in [0.717, 1.165) is 49.7 Å². The van der Waals surface area contributed by atoms with Crippen molar-refractivity contribution in [2.75, 3.05) is 0 Å². The highest BCUT2D eigenvalue weighted by atomic mass is 16.6. The van der Waals surface area contributed by atoms with Crippen molar-refractivity contribution >= 4 is 11.9 Å². The number of carbonyl (C=O) groups excluding carboxylic acids is 2. The monoisotopic (exact) mass is 496 g/mol. The minimum atomic E-state index is -0.444. The summed E-state index contributed by atoms with van der Waals surface area (Å²) in [6, 6.07) is 20.3. The van der Waals surface area contributed by atoms with Gasteiger partial charge in [-0.2, -0.15) is 0 Å². The van der Waals surface area contributed by atoms with E-state index in [0.29, 0.717) is 34.5 Å². The SMILES string of the molecule is Cc1cc(C2CCCCC2)c(C2CCCCC2)c(OC(=O)c2ccccc2)c1OC(=O)c1ccccc1. The number of ether oxygens (including phenoxy) is 2. The number of carbonyl (C=O) groups is 2. The van der Waals surface area contributed by atoms with Gasteiger partial charge in [0.25, 0.3) is 0 Å². The van der Waals surface area contributed by atoms with Gasteiger partial charge < -0.3 is 9.47 Å². The molecular weight excluding hydrogens is 460 g/mol. The van der Waals surface area contributed by atoms with Crippen LogP contribution in [0, 0.1) is 6.92 Å². The van der Waals surface area contributed by atoms with E-state index in [1.165, 1.54) is 31.2 Å². The average molecular weight is 497 g/mol. The number of rotatable bonds is 6. The maximum atomic E-state index is 13.4. The van der Waals surface area contributed by atoms with E-state index in [-0.39, 0.29) is 0 Å². The number of hydrogen-bond acceptors (Lipinski definition) is 4. The molecule has 2 aliphatic carbocycles. The van der Waals surface area contributed by atoms with Crippen LogP contribution in [0.15, 0.2) is 66.7 Å². The Morgan fingerprint density at radius 1 is 0.622 bits per heavy atom. The molecule has 192 valence electrons. The lowest BCUT2D eigenvalue weighted by molar-refractivity contribution is 0.0678. The summed E-state index contributed by atoms with van der Waals surface area (Å²) in [7, 11) is 0. The Morgan fingerprint density at radius 3 is 1.59 bits per heavy atom. The third kappa shape index (κ3) is 5.79. The van der Waals surface area contributed by atoms with E-state index >= 15 is 0 Å². The number of hydrogen-bond donors (Lipinski definition) is 0. The van der Waals surface area contributed by atoms with Crippen LogP contribution in [0.2, 0.25) is 0 Å². The molecule has 5 rings (SSSR count). The van der Waals surface area contributed by atoms with Crippen LogP contribution >= 0.6 is 0 Å². The lowest BCUT2D eigenvalue weighted by atomic mass is 9.75. The second-order valence-electron chi connectivity index (χ2n) is 10.5. The molecule has 2 fully saturated rings. The van der Waals surface area contributed by atoms with Gasteiger partial charge in [0.2, 0.25) is 0 Å².